The highest BCUT2D eigenvalue weighted by Gasteiger charge is 2.29. The van der Waals surface area contributed by atoms with E-state index in [1.807, 2.05) is 25.1 Å². The third kappa shape index (κ3) is 4.51. The highest BCUT2D eigenvalue weighted by molar-refractivity contribution is 5.87. The minimum Gasteiger partial charge on any atom is -0.338 e. The van der Waals surface area contributed by atoms with Gasteiger partial charge in [0.25, 0.3) is 0 Å². The average Bonchev–Trinajstić information content (AvgIpc) is 2.71. The van der Waals surface area contributed by atoms with Crippen LogP contribution in [0, 0.1) is 12.8 Å². The van der Waals surface area contributed by atoms with Crippen LogP contribution in [0.4, 0.5) is 0 Å². The van der Waals surface area contributed by atoms with Gasteiger partial charge in [0.2, 0.25) is 5.91 Å². The molecule has 1 aliphatic heterocycles. The van der Waals surface area contributed by atoms with E-state index in [0.29, 0.717) is 12.3 Å². The molecule has 0 spiro atoms. The number of likely N-dealkylation sites (tertiary alicyclic amines) is 1. The predicted octanol–water partition coefficient (Wildman–Crippen LogP) is 2.41. The largest absolute Gasteiger partial charge is 0.338 e. The van der Waals surface area contributed by atoms with E-state index < -0.39 is 0 Å². The molecule has 0 radical (unpaired) electrons. The summed E-state index contributed by atoms with van der Waals surface area (Å²) in [5.41, 5.74) is 4.42. The summed E-state index contributed by atoms with van der Waals surface area (Å²) >= 11 is 0. The molecule has 1 fully saturated rings. The standard InChI is InChI=1S/C22H22N6O/c1-3-22(29)28-13-16(14-28)7-19-11-23-12-20(27-19)17-9-24-21(25-10-17)8-18-6-4-5-15(2)26-18/h3-6,9-12,16H,1,7-8,13-14H2,2H3. The number of pyridine rings is 1. The van der Waals surface area contributed by atoms with Crippen molar-refractivity contribution in [1.82, 2.24) is 29.8 Å². The number of aromatic nitrogens is 5. The fourth-order valence-electron chi connectivity index (χ4n) is 3.39. The van der Waals surface area contributed by atoms with Crippen molar-refractivity contribution in [3.05, 3.63) is 78.5 Å². The number of rotatable bonds is 6. The van der Waals surface area contributed by atoms with Gasteiger partial charge in [-0.05, 0) is 37.5 Å². The van der Waals surface area contributed by atoms with Crippen LogP contribution >= 0.6 is 0 Å². The van der Waals surface area contributed by atoms with E-state index in [1.165, 1.54) is 6.08 Å². The molecule has 0 aliphatic carbocycles. The van der Waals surface area contributed by atoms with Gasteiger partial charge in [-0.1, -0.05) is 12.6 Å². The maximum Gasteiger partial charge on any atom is 0.245 e. The first-order chi connectivity index (χ1) is 14.1. The molecular weight excluding hydrogens is 364 g/mol. The van der Waals surface area contributed by atoms with Gasteiger partial charge in [-0.3, -0.25) is 14.8 Å². The summed E-state index contributed by atoms with van der Waals surface area (Å²) < 4.78 is 0. The van der Waals surface area contributed by atoms with E-state index in [1.54, 1.807) is 29.7 Å². The zero-order valence-electron chi connectivity index (χ0n) is 16.3. The van der Waals surface area contributed by atoms with Crippen molar-refractivity contribution in [2.24, 2.45) is 5.92 Å². The fraction of sp³-hybridized carbons (Fsp3) is 0.273. The van der Waals surface area contributed by atoms with Crippen LogP contribution in [0.1, 0.15) is 22.9 Å². The van der Waals surface area contributed by atoms with Gasteiger partial charge in [0, 0.05) is 48.6 Å². The van der Waals surface area contributed by atoms with Gasteiger partial charge in [0.1, 0.15) is 5.82 Å². The maximum absolute atomic E-state index is 11.6. The van der Waals surface area contributed by atoms with Gasteiger partial charge >= 0.3 is 0 Å². The molecule has 0 aromatic carbocycles. The van der Waals surface area contributed by atoms with Crippen molar-refractivity contribution in [2.45, 2.75) is 19.8 Å². The molecule has 4 heterocycles. The second-order valence-corrected chi connectivity index (χ2v) is 7.25. The third-order valence-electron chi connectivity index (χ3n) is 4.91. The summed E-state index contributed by atoms with van der Waals surface area (Å²) in [6.45, 7) is 6.97. The lowest BCUT2D eigenvalue weighted by Crippen LogP contribution is -2.50. The number of amides is 1. The Morgan fingerprint density at radius 3 is 2.66 bits per heavy atom. The molecule has 3 aromatic rings. The summed E-state index contributed by atoms with van der Waals surface area (Å²) in [6.07, 6.45) is 9.79. The smallest absolute Gasteiger partial charge is 0.245 e. The number of nitrogens with zero attached hydrogens (tertiary/aromatic N) is 6. The van der Waals surface area contributed by atoms with E-state index >= 15 is 0 Å². The first kappa shape index (κ1) is 18.9. The SMILES string of the molecule is C=CC(=O)N1CC(Cc2cncc(-c3cnc(Cc4cccc(C)n4)nc3)n2)C1. The molecule has 0 N–H and O–H groups in total. The average molecular weight is 386 g/mol. The molecule has 3 aromatic heterocycles. The summed E-state index contributed by atoms with van der Waals surface area (Å²) in [4.78, 5) is 35.8. The highest BCUT2D eigenvalue weighted by Crippen LogP contribution is 2.21. The molecule has 1 aliphatic rings. The molecular formula is C22H22N6O. The molecule has 0 bridgehead atoms. The molecule has 0 atom stereocenters. The lowest BCUT2D eigenvalue weighted by atomic mass is 9.94. The van der Waals surface area contributed by atoms with E-state index in [2.05, 4.69) is 26.5 Å². The van der Waals surface area contributed by atoms with Crippen LogP contribution in [-0.2, 0) is 17.6 Å². The van der Waals surface area contributed by atoms with Crippen molar-refractivity contribution < 1.29 is 4.79 Å². The van der Waals surface area contributed by atoms with Crippen molar-refractivity contribution in [1.29, 1.82) is 0 Å². The third-order valence-corrected chi connectivity index (χ3v) is 4.91. The van der Waals surface area contributed by atoms with Crippen LogP contribution < -0.4 is 0 Å². The molecule has 29 heavy (non-hydrogen) atoms. The summed E-state index contributed by atoms with van der Waals surface area (Å²) in [5.74, 6) is 1.11. The topological polar surface area (TPSA) is 84.8 Å². The minimum atomic E-state index is -0.0146. The Morgan fingerprint density at radius 2 is 1.93 bits per heavy atom. The molecule has 7 nitrogen and oxygen atoms in total. The summed E-state index contributed by atoms with van der Waals surface area (Å²) in [5, 5.41) is 0. The Bertz CT molecular complexity index is 1030. The van der Waals surface area contributed by atoms with Gasteiger partial charge in [-0.25, -0.2) is 15.0 Å². The highest BCUT2D eigenvalue weighted by atomic mass is 16.2. The molecule has 146 valence electrons. The molecule has 7 heteroatoms. The zero-order chi connectivity index (χ0) is 20.2. The van der Waals surface area contributed by atoms with Crippen LogP contribution in [0.15, 0.2) is 55.6 Å². The van der Waals surface area contributed by atoms with E-state index in [0.717, 1.165) is 53.7 Å². The number of aryl methyl sites for hydroxylation is 1. The van der Waals surface area contributed by atoms with Gasteiger partial charge in [0.05, 0.1) is 24.0 Å². The first-order valence-electron chi connectivity index (χ1n) is 9.57. The minimum absolute atomic E-state index is 0.0146. The number of carbonyl (C=O) groups excluding carboxylic acids is 1. The van der Waals surface area contributed by atoms with Crippen molar-refractivity contribution in [3.8, 4) is 11.3 Å². The van der Waals surface area contributed by atoms with Gasteiger partial charge in [-0.2, -0.15) is 0 Å². The second-order valence-electron chi connectivity index (χ2n) is 7.25. The van der Waals surface area contributed by atoms with Crippen LogP contribution in [0.25, 0.3) is 11.3 Å². The monoisotopic (exact) mass is 386 g/mol. The van der Waals surface area contributed by atoms with Gasteiger partial charge < -0.3 is 4.90 Å². The molecule has 0 unspecified atom stereocenters. The summed E-state index contributed by atoms with van der Waals surface area (Å²) in [6, 6.07) is 5.93. The van der Waals surface area contributed by atoms with Crippen molar-refractivity contribution in [3.63, 3.8) is 0 Å². The Kier molecular flexibility index (Phi) is 5.37. The van der Waals surface area contributed by atoms with Crippen molar-refractivity contribution >= 4 is 5.91 Å². The molecule has 4 rings (SSSR count). The lowest BCUT2D eigenvalue weighted by molar-refractivity contribution is -0.132. The molecule has 1 saturated heterocycles. The first-order valence-corrected chi connectivity index (χ1v) is 9.57. The Morgan fingerprint density at radius 1 is 1.14 bits per heavy atom. The quantitative estimate of drug-likeness (QED) is 0.605. The molecule has 1 amide bonds. The maximum atomic E-state index is 11.6. The van der Waals surface area contributed by atoms with E-state index in [4.69, 9.17) is 4.98 Å². The number of carbonyl (C=O) groups is 1. The Labute approximate surface area is 169 Å². The van der Waals surface area contributed by atoms with Gasteiger partial charge in [-0.15, -0.1) is 0 Å². The van der Waals surface area contributed by atoms with Crippen LogP contribution in [0.2, 0.25) is 0 Å². The van der Waals surface area contributed by atoms with Crippen LogP contribution in [-0.4, -0.2) is 48.8 Å². The lowest BCUT2D eigenvalue weighted by Gasteiger charge is -2.38. The van der Waals surface area contributed by atoms with E-state index in [-0.39, 0.29) is 5.91 Å². The normalized spacial score (nSPS) is 13.8. The Hall–Kier alpha value is -3.48. The van der Waals surface area contributed by atoms with Crippen LogP contribution in [0.3, 0.4) is 0 Å². The van der Waals surface area contributed by atoms with Crippen molar-refractivity contribution in [2.75, 3.05) is 13.1 Å². The second kappa shape index (κ2) is 8.26. The van der Waals surface area contributed by atoms with Crippen LogP contribution in [0.5, 0.6) is 0 Å². The Balaban J connectivity index is 1.40. The zero-order valence-corrected chi connectivity index (χ0v) is 16.3. The summed E-state index contributed by atoms with van der Waals surface area (Å²) in [7, 11) is 0. The van der Waals surface area contributed by atoms with E-state index in [9.17, 15) is 4.79 Å². The fourth-order valence-corrected chi connectivity index (χ4v) is 3.39. The number of hydrogen-bond acceptors (Lipinski definition) is 6. The molecule has 0 saturated carbocycles. The number of hydrogen-bond donors (Lipinski definition) is 0. The van der Waals surface area contributed by atoms with Gasteiger partial charge in [0.15, 0.2) is 0 Å². The predicted molar refractivity (Wildman–Crippen MR) is 109 cm³/mol.